The zero-order valence-corrected chi connectivity index (χ0v) is 37.6. The molecule has 1 N–H and O–H groups in total. The van der Waals surface area contributed by atoms with E-state index in [0.717, 1.165) is 27.2 Å². The van der Waals surface area contributed by atoms with Crippen molar-refractivity contribution in [3.63, 3.8) is 0 Å². The van der Waals surface area contributed by atoms with Crippen LogP contribution < -0.4 is 0 Å². The molecule has 0 aliphatic carbocycles. The van der Waals surface area contributed by atoms with E-state index in [4.69, 9.17) is 8.94 Å². The molecule has 16 nitrogen and oxygen atoms in total. The Hall–Kier alpha value is -4.97. The number of nitrogens with one attached hydrogen (secondary N) is 1. The molecule has 0 aromatic carbocycles. The number of aromatic nitrogens is 12. The average molecular weight is 823 g/mol. The predicted octanol–water partition coefficient (Wildman–Crippen LogP) is 9.97. The number of pyridine rings is 1. The van der Waals surface area contributed by atoms with Gasteiger partial charge in [0.2, 0.25) is 18.2 Å². The molecule has 0 atom stereocenters. The Bertz CT molecular complexity index is 1570. The first-order valence-electron chi connectivity index (χ1n) is 19.0. The van der Waals surface area contributed by atoms with Crippen molar-refractivity contribution in [2.45, 2.75) is 132 Å². The Labute approximate surface area is 346 Å². The second kappa shape index (κ2) is 29.3. The van der Waals surface area contributed by atoms with Gasteiger partial charge in [-0.1, -0.05) is 108 Å². The summed E-state index contributed by atoms with van der Waals surface area (Å²) in [5, 5.41) is 27.0. The van der Waals surface area contributed by atoms with Crippen molar-refractivity contribution in [3.05, 3.63) is 88.6 Å². The fraction of sp³-hybridized carbons (Fsp3) is 0.564. The second-order valence-electron chi connectivity index (χ2n) is 14.4. The zero-order chi connectivity index (χ0) is 42.6. The molecule has 1 aliphatic heterocycles. The van der Waals surface area contributed by atoms with E-state index in [9.17, 15) is 0 Å². The van der Waals surface area contributed by atoms with Crippen LogP contribution in [0.4, 0.5) is 0 Å². The SMILES string of the molecule is CC(C)C1=NCN=C1.CC(C)c1ccccn1.CC(C)c1ncn[nH]1.CC(C)c1ncno1.CC(C)c1ncns1.CC(C)c1nnco1.CC(C)c1nncs1. The molecule has 0 amide bonds. The normalized spacial score (nSPS) is 11.4. The fourth-order valence-corrected chi connectivity index (χ4v) is 4.65. The smallest absolute Gasteiger partial charge is 0.228 e. The number of rotatable bonds is 7. The van der Waals surface area contributed by atoms with Crippen molar-refractivity contribution in [3.8, 4) is 0 Å². The zero-order valence-electron chi connectivity index (χ0n) is 36.0. The maximum Gasteiger partial charge on any atom is 0.228 e. The maximum absolute atomic E-state index is 4.87. The van der Waals surface area contributed by atoms with Crippen molar-refractivity contribution >= 4 is 34.8 Å². The summed E-state index contributed by atoms with van der Waals surface area (Å²) in [6.07, 6.45) is 9.56. The highest BCUT2D eigenvalue weighted by Crippen LogP contribution is 2.14. The van der Waals surface area contributed by atoms with Crippen LogP contribution in [-0.2, 0) is 0 Å². The van der Waals surface area contributed by atoms with Crippen LogP contribution in [0.1, 0.15) is 166 Å². The molecule has 0 fully saturated rings. The Morgan fingerprint density at radius 2 is 1.37 bits per heavy atom. The molecule has 0 saturated heterocycles. The molecule has 0 spiro atoms. The highest BCUT2D eigenvalue weighted by Gasteiger charge is 2.05. The molecule has 0 saturated carbocycles. The second-order valence-corrected chi connectivity index (χ2v) is 16.0. The largest absolute Gasteiger partial charge is 0.428 e. The van der Waals surface area contributed by atoms with Crippen LogP contribution in [0.15, 0.2) is 74.2 Å². The van der Waals surface area contributed by atoms with E-state index in [-0.39, 0.29) is 0 Å². The third-order valence-electron chi connectivity index (χ3n) is 6.90. The maximum atomic E-state index is 4.87. The van der Waals surface area contributed by atoms with Crippen LogP contribution >= 0.6 is 22.9 Å². The quantitative estimate of drug-likeness (QED) is 0.159. The van der Waals surface area contributed by atoms with Crippen molar-refractivity contribution in [2.75, 3.05) is 6.67 Å². The molecule has 57 heavy (non-hydrogen) atoms. The van der Waals surface area contributed by atoms with Crippen LogP contribution in [-0.4, -0.2) is 78.7 Å². The summed E-state index contributed by atoms with van der Waals surface area (Å²) in [6.45, 7) is 29.8. The Balaban J connectivity index is 0.000000333. The molecule has 0 bridgehead atoms. The lowest BCUT2D eigenvalue weighted by Gasteiger charge is -2.00. The lowest BCUT2D eigenvalue weighted by atomic mass is 10.1. The lowest BCUT2D eigenvalue weighted by molar-refractivity contribution is 0.364. The third kappa shape index (κ3) is 23.0. The van der Waals surface area contributed by atoms with Gasteiger partial charge in [-0.3, -0.25) is 20.1 Å². The first kappa shape index (κ1) is 50.0. The van der Waals surface area contributed by atoms with Gasteiger partial charge in [0.05, 0.1) is 5.71 Å². The van der Waals surface area contributed by atoms with Crippen LogP contribution in [0, 0.1) is 5.92 Å². The topological polar surface area (TPSA) is 209 Å². The van der Waals surface area contributed by atoms with Crippen LogP contribution in [0.25, 0.3) is 0 Å². The molecular weight excluding hydrogens is 761 g/mol. The Kier molecular flexibility index (Phi) is 25.7. The van der Waals surface area contributed by atoms with Crippen molar-refractivity contribution in [2.24, 2.45) is 15.9 Å². The van der Waals surface area contributed by atoms with E-state index in [0.29, 0.717) is 59.9 Å². The predicted molar refractivity (Wildman–Crippen MR) is 229 cm³/mol. The molecule has 312 valence electrons. The summed E-state index contributed by atoms with van der Waals surface area (Å²) in [7, 11) is 0. The molecule has 18 heteroatoms. The number of hydrogen-bond donors (Lipinski definition) is 1. The Morgan fingerprint density at radius 3 is 1.63 bits per heavy atom. The summed E-state index contributed by atoms with van der Waals surface area (Å²) in [4.78, 5) is 24.1. The van der Waals surface area contributed by atoms with E-state index in [1.165, 1.54) is 30.6 Å². The van der Waals surface area contributed by atoms with Gasteiger partial charge in [0.15, 0.2) is 6.33 Å². The average Bonchev–Trinajstić information content (AvgIpc) is 4.06. The van der Waals surface area contributed by atoms with Gasteiger partial charge in [-0.2, -0.15) is 14.5 Å². The van der Waals surface area contributed by atoms with E-state index in [2.05, 4.69) is 139 Å². The van der Waals surface area contributed by atoms with Gasteiger partial charge in [0.25, 0.3) is 0 Å². The van der Waals surface area contributed by atoms with Gasteiger partial charge in [-0.15, -0.1) is 31.7 Å². The molecule has 0 radical (unpaired) electrons. The molecule has 7 rings (SSSR count). The Morgan fingerprint density at radius 1 is 0.649 bits per heavy atom. The summed E-state index contributed by atoms with van der Waals surface area (Å²) in [6, 6.07) is 6.00. The number of aliphatic imine (C=N–C) groups is 2. The number of H-pyrrole nitrogens is 1. The fourth-order valence-electron chi connectivity index (χ4n) is 3.58. The minimum Gasteiger partial charge on any atom is -0.428 e. The summed E-state index contributed by atoms with van der Waals surface area (Å²) in [5.41, 5.74) is 4.05. The summed E-state index contributed by atoms with van der Waals surface area (Å²) in [5.74, 6) is 5.64. The molecule has 0 unspecified atom stereocenters. The number of hydrogen-bond acceptors (Lipinski definition) is 17. The van der Waals surface area contributed by atoms with Gasteiger partial charge in [-0.05, 0) is 35.5 Å². The van der Waals surface area contributed by atoms with Gasteiger partial charge in [0.1, 0.15) is 40.7 Å². The number of nitrogens with zero attached hydrogens (tertiary/aromatic N) is 13. The van der Waals surface area contributed by atoms with Crippen LogP contribution in [0.5, 0.6) is 0 Å². The molecule has 7 heterocycles. The molecular formula is C39H62N14O2S2. The van der Waals surface area contributed by atoms with Crippen molar-refractivity contribution < 1.29 is 8.94 Å². The lowest BCUT2D eigenvalue weighted by Crippen LogP contribution is -2.05. The van der Waals surface area contributed by atoms with Gasteiger partial charge in [-0.25, -0.2) is 9.97 Å². The van der Waals surface area contributed by atoms with Crippen LogP contribution in [0.3, 0.4) is 0 Å². The highest BCUT2D eigenvalue weighted by atomic mass is 32.1. The van der Waals surface area contributed by atoms with Gasteiger partial charge < -0.3 is 8.94 Å². The summed E-state index contributed by atoms with van der Waals surface area (Å²) >= 11 is 3.08. The van der Waals surface area contributed by atoms with Gasteiger partial charge >= 0.3 is 0 Å². The van der Waals surface area contributed by atoms with Gasteiger partial charge in [0, 0.05) is 47.7 Å². The summed E-state index contributed by atoms with van der Waals surface area (Å²) < 4.78 is 13.5. The first-order valence-corrected chi connectivity index (χ1v) is 20.6. The number of aromatic amines is 1. The van der Waals surface area contributed by atoms with Crippen molar-refractivity contribution in [1.82, 2.24) is 60.1 Å². The standard InChI is InChI=1S/C8H11N.C6H10N2.C5H9N3.2C5H8N2O.2C5H8N2S/c1-7(2)8-5-3-4-6-9-8;1-5(2)6-3-7-4-8-6;1-4(2)5-6-3-7-8-5;1-4(2)5-7-6-3-8-5;1-4(2)5-6-3-7-8-5;1-4(2)5-7-6-3-8-5;1-4(2)5-6-3-7-8-5/h3-7H,1-2H3;3,5H,4H2,1-2H3;3-4H,1-2H3,(H,6,7,8);4*3-4H,1-2H3. The van der Waals surface area contributed by atoms with Crippen molar-refractivity contribution in [1.29, 1.82) is 0 Å². The highest BCUT2D eigenvalue weighted by molar-refractivity contribution is 7.09. The van der Waals surface area contributed by atoms with E-state index < -0.39 is 0 Å². The third-order valence-corrected chi connectivity index (χ3v) is 8.85. The monoisotopic (exact) mass is 822 g/mol. The van der Waals surface area contributed by atoms with Crippen LogP contribution in [0.2, 0.25) is 0 Å². The van der Waals surface area contributed by atoms with E-state index in [1.54, 1.807) is 23.2 Å². The molecule has 1 aliphatic rings. The molecule has 6 aromatic heterocycles. The minimum absolute atomic E-state index is 0.345. The minimum atomic E-state index is 0.345. The first-order chi connectivity index (χ1) is 27.1. The molecule has 6 aromatic rings. The van der Waals surface area contributed by atoms with E-state index in [1.807, 2.05) is 58.3 Å². The van der Waals surface area contributed by atoms with E-state index >= 15 is 0 Å².